The number of hydrogen-bond donors (Lipinski definition) is 0. The van der Waals surface area contributed by atoms with E-state index in [4.69, 9.17) is 0 Å². The zero-order valence-corrected chi connectivity index (χ0v) is 9.95. The maximum absolute atomic E-state index is 2.60. The van der Waals surface area contributed by atoms with E-state index >= 15 is 0 Å². The van der Waals surface area contributed by atoms with Gasteiger partial charge in [0.05, 0.1) is 0 Å². The molecule has 0 aromatic rings. The Morgan fingerprint density at radius 1 is 0.800 bits per heavy atom. The first-order valence-corrected chi connectivity index (χ1v) is 7.24. The number of hydrogen-bond acceptors (Lipinski definition) is 0. The first-order chi connectivity index (χ1) is 7.24. The average Bonchev–Trinajstić information content (AvgIpc) is 2.60. The molecule has 1 spiro atoms. The molecule has 5 saturated carbocycles. The lowest BCUT2D eigenvalue weighted by Gasteiger charge is -2.59. The van der Waals surface area contributed by atoms with Gasteiger partial charge in [0, 0.05) is 0 Å². The van der Waals surface area contributed by atoms with Gasteiger partial charge in [-0.1, -0.05) is 13.8 Å². The standard InChI is InChI=1S/C15H22/c1-7-3-9-4-12-8(2)10-5-11(7)15(12)13(9)6-14(10)15/h7-14H,3-6H2,1-2H3. The van der Waals surface area contributed by atoms with E-state index in [-0.39, 0.29) is 0 Å². The Morgan fingerprint density at radius 3 is 2.53 bits per heavy atom. The molecule has 9 atom stereocenters. The molecule has 0 radical (unpaired) electrons. The molecular formula is C15H22. The molecule has 9 unspecified atom stereocenters. The zero-order valence-electron chi connectivity index (χ0n) is 9.95. The summed E-state index contributed by atoms with van der Waals surface area (Å²) in [5.74, 6) is 9.29. The van der Waals surface area contributed by atoms with Crippen LogP contribution in [-0.4, -0.2) is 0 Å². The molecule has 5 fully saturated rings. The molecular weight excluding hydrogens is 180 g/mol. The van der Waals surface area contributed by atoms with Crippen LogP contribution in [0.1, 0.15) is 39.5 Å². The molecule has 0 heterocycles. The highest BCUT2D eigenvalue weighted by Gasteiger charge is 2.80. The molecule has 0 N–H and O–H groups in total. The minimum Gasteiger partial charge on any atom is -0.0622 e. The van der Waals surface area contributed by atoms with Crippen molar-refractivity contribution in [1.82, 2.24) is 0 Å². The molecule has 0 nitrogen and oxygen atoms in total. The van der Waals surface area contributed by atoms with Gasteiger partial charge in [-0.25, -0.2) is 0 Å². The van der Waals surface area contributed by atoms with Crippen molar-refractivity contribution in [3.63, 3.8) is 0 Å². The van der Waals surface area contributed by atoms with Gasteiger partial charge >= 0.3 is 0 Å². The summed E-state index contributed by atoms with van der Waals surface area (Å²) in [5.41, 5.74) is 0.937. The second-order valence-electron chi connectivity index (χ2n) is 7.63. The highest BCUT2D eigenvalue weighted by Crippen LogP contribution is 2.86. The lowest BCUT2D eigenvalue weighted by atomic mass is 9.46. The van der Waals surface area contributed by atoms with Crippen LogP contribution >= 0.6 is 0 Å². The van der Waals surface area contributed by atoms with E-state index in [2.05, 4.69) is 13.8 Å². The van der Waals surface area contributed by atoms with Gasteiger partial charge in [0.1, 0.15) is 0 Å². The highest BCUT2D eigenvalue weighted by atomic mass is 14.8. The smallest absolute Gasteiger partial charge is 0.0173 e. The fraction of sp³-hybridized carbons (Fsp3) is 1.00. The Balaban J connectivity index is 1.76. The van der Waals surface area contributed by atoms with Crippen molar-refractivity contribution in [2.45, 2.75) is 39.5 Å². The van der Waals surface area contributed by atoms with Crippen molar-refractivity contribution < 1.29 is 0 Å². The van der Waals surface area contributed by atoms with Crippen LogP contribution in [0.15, 0.2) is 0 Å². The molecule has 0 aromatic heterocycles. The quantitative estimate of drug-likeness (QED) is 0.563. The second-order valence-corrected chi connectivity index (χ2v) is 7.63. The molecule has 5 aliphatic carbocycles. The molecule has 0 aliphatic heterocycles. The van der Waals surface area contributed by atoms with Crippen LogP contribution in [0, 0.1) is 52.8 Å². The largest absolute Gasteiger partial charge is 0.0622 e. The maximum Gasteiger partial charge on any atom is -0.0173 e. The van der Waals surface area contributed by atoms with Crippen molar-refractivity contribution in [3.8, 4) is 0 Å². The molecule has 0 amide bonds. The van der Waals surface area contributed by atoms with Crippen LogP contribution in [-0.2, 0) is 0 Å². The van der Waals surface area contributed by atoms with Crippen LogP contribution in [0.2, 0.25) is 0 Å². The van der Waals surface area contributed by atoms with Crippen LogP contribution in [0.4, 0.5) is 0 Å². The molecule has 82 valence electrons. The van der Waals surface area contributed by atoms with Gasteiger partial charge in [0.25, 0.3) is 0 Å². The molecule has 3 bridgehead atoms. The van der Waals surface area contributed by atoms with Gasteiger partial charge in [-0.15, -0.1) is 0 Å². The Labute approximate surface area is 92.8 Å². The van der Waals surface area contributed by atoms with E-state index in [0.29, 0.717) is 0 Å². The van der Waals surface area contributed by atoms with Crippen molar-refractivity contribution >= 4 is 0 Å². The van der Waals surface area contributed by atoms with Gasteiger partial charge in [-0.2, -0.15) is 0 Å². The molecule has 15 heavy (non-hydrogen) atoms. The van der Waals surface area contributed by atoms with Gasteiger partial charge in [-0.3, -0.25) is 0 Å². The van der Waals surface area contributed by atoms with E-state index in [1.165, 1.54) is 29.6 Å². The van der Waals surface area contributed by atoms with E-state index in [1.54, 1.807) is 25.7 Å². The second kappa shape index (κ2) is 2.05. The molecule has 0 heteroatoms. The summed E-state index contributed by atoms with van der Waals surface area (Å²) < 4.78 is 0. The molecule has 0 saturated heterocycles. The van der Waals surface area contributed by atoms with E-state index in [9.17, 15) is 0 Å². The Bertz CT molecular complexity index is 334. The van der Waals surface area contributed by atoms with Crippen LogP contribution < -0.4 is 0 Å². The van der Waals surface area contributed by atoms with Gasteiger partial charge < -0.3 is 0 Å². The van der Waals surface area contributed by atoms with Gasteiger partial charge in [-0.05, 0) is 78.4 Å². The average molecular weight is 202 g/mol. The van der Waals surface area contributed by atoms with Crippen molar-refractivity contribution in [1.29, 1.82) is 0 Å². The monoisotopic (exact) mass is 202 g/mol. The predicted molar refractivity (Wildman–Crippen MR) is 60.2 cm³/mol. The van der Waals surface area contributed by atoms with E-state index in [1.807, 2.05) is 0 Å². The van der Waals surface area contributed by atoms with E-state index < -0.39 is 0 Å². The number of rotatable bonds is 0. The minimum atomic E-state index is 0.937. The highest BCUT2D eigenvalue weighted by molar-refractivity contribution is 5.28. The first kappa shape index (κ1) is 8.14. The van der Waals surface area contributed by atoms with Crippen molar-refractivity contribution in [3.05, 3.63) is 0 Å². The summed E-state index contributed by atoms with van der Waals surface area (Å²) >= 11 is 0. The lowest BCUT2D eigenvalue weighted by molar-refractivity contribution is -0.112. The van der Waals surface area contributed by atoms with Crippen LogP contribution in [0.25, 0.3) is 0 Å². The topological polar surface area (TPSA) is 0 Å². The molecule has 5 aliphatic rings. The third kappa shape index (κ3) is 0.560. The Hall–Kier alpha value is 0. The van der Waals surface area contributed by atoms with Crippen LogP contribution in [0.3, 0.4) is 0 Å². The summed E-state index contributed by atoms with van der Waals surface area (Å²) in [4.78, 5) is 0. The van der Waals surface area contributed by atoms with Gasteiger partial charge in [0.2, 0.25) is 0 Å². The summed E-state index contributed by atoms with van der Waals surface area (Å²) in [6, 6.07) is 0. The Kier molecular flexibility index (Phi) is 1.11. The van der Waals surface area contributed by atoms with Crippen molar-refractivity contribution in [2.24, 2.45) is 52.8 Å². The lowest BCUT2D eigenvalue weighted by Crippen LogP contribution is -2.53. The summed E-state index contributed by atoms with van der Waals surface area (Å²) in [6.07, 6.45) is 6.52. The Morgan fingerprint density at radius 2 is 1.67 bits per heavy atom. The molecule has 5 rings (SSSR count). The summed E-state index contributed by atoms with van der Waals surface area (Å²) in [6.45, 7) is 5.17. The van der Waals surface area contributed by atoms with Crippen molar-refractivity contribution in [2.75, 3.05) is 0 Å². The first-order valence-electron chi connectivity index (χ1n) is 7.24. The summed E-state index contributed by atoms with van der Waals surface area (Å²) in [7, 11) is 0. The SMILES string of the molecule is CC1CC2CC3C(C)C4CC1C31C2CC41. The fourth-order valence-corrected chi connectivity index (χ4v) is 7.85. The van der Waals surface area contributed by atoms with Gasteiger partial charge in [0.15, 0.2) is 0 Å². The fourth-order valence-electron chi connectivity index (χ4n) is 7.85. The third-order valence-electron chi connectivity index (χ3n) is 7.92. The molecule has 0 aromatic carbocycles. The maximum atomic E-state index is 2.60. The van der Waals surface area contributed by atoms with E-state index in [0.717, 1.165) is 23.2 Å². The normalized spacial score (nSPS) is 77.2. The zero-order chi connectivity index (χ0) is 9.95. The third-order valence-corrected chi connectivity index (χ3v) is 7.92. The predicted octanol–water partition coefficient (Wildman–Crippen LogP) is 3.57. The summed E-state index contributed by atoms with van der Waals surface area (Å²) in [5, 5.41) is 0. The van der Waals surface area contributed by atoms with Crippen LogP contribution in [0.5, 0.6) is 0 Å². The minimum absolute atomic E-state index is 0.937.